The van der Waals surface area contributed by atoms with Crippen LogP contribution in [0.1, 0.15) is 19.8 Å². The molecule has 0 heterocycles. The molecule has 0 aromatic heterocycles. The number of hydrogen-bond donors (Lipinski definition) is 1. The van der Waals surface area contributed by atoms with Crippen molar-refractivity contribution in [3.8, 4) is 0 Å². The summed E-state index contributed by atoms with van der Waals surface area (Å²) in [7, 11) is 0.668. The van der Waals surface area contributed by atoms with Crippen LogP contribution >= 0.6 is 0 Å². The Morgan fingerprint density at radius 3 is 2.33 bits per heavy atom. The molecule has 0 saturated heterocycles. The minimum Gasteiger partial charge on any atom is -0.467 e. The smallest absolute Gasteiger partial charge is 0.428 e. The molecule has 0 aromatic rings. The lowest BCUT2D eigenvalue weighted by molar-refractivity contribution is -0.274. The summed E-state index contributed by atoms with van der Waals surface area (Å²) in [5.41, 5.74) is -3.96. The predicted octanol–water partition coefficient (Wildman–Crippen LogP) is 0.611. The summed E-state index contributed by atoms with van der Waals surface area (Å²) in [6, 6.07) is 0. The molecule has 0 bridgehead atoms. The fourth-order valence-corrected chi connectivity index (χ4v) is 2.36. The van der Waals surface area contributed by atoms with E-state index in [0.29, 0.717) is 7.11 Å². The number of Topliss-reactive ketones (excluding diaryl/α,β-unsaturated/α-hetero) is 1. The number of esters is 2. The van der Waals surface area contributed by atoms with E-state index in [4.69, 9.17) is 0 Å². The summed E-state index contributed by atoms with van der Waals surface area (Å²) < 4.78 is 47.6. The first kappa shape index (κ1) is 17.4. The van der Waals surface area contributed by atoms with Crippen molar-refractivity contribution in [2.75, 3.05) is 13.7 Å². The van der Waals surface area contributed by atoms with Gasteiger partial charge in [-0.1, -0.05) is 0 Å². The molecule has 120 valence electrons. The van der Waals surface area contributed by atoms with Gasteiger partial charge in [-0.05, 0) is 19.8 Å². The van der Waals surface area contributed by atoms with Gasteiger partial charge in [0.25, 0.3) is 5.60 Å². The Morgan fingerprint density at radius 2 is 1.90 bits per heavy atom. The summed E-state index contributed by atoms with van der Waals surface area (Å²) in [6.07, 6.45) is -6.09. The fourth-order valence-electron chi connectivity index (χ4n) is 2.36. The average Bonchev–Trinajstić information content (AvgIpc) is 2.78. The largest absolute Gasteiger partial charge is 0.467 e. The van der Waals surface area contributed by atoms with Crippen LogP contribution < -0.4 is 0 Å². The van der Waals surface area contributed by atoms with Crippen LogP contribution in [0.5, 0.6) is 0 Å². The van der Waals surface area contributed by atoms with E-state index in [-0.39, 0.29) is 13.0 Å². The first-order valence-corrected chi connectivity index (χ1v) is 6.19. The number of carbonyl (C=O) groups is 3. The molecular formula is C12H15F3O6. The van der Waals surface area contributed by atoms with E-state index in [1.54, 1.807) is 0 Å². The molecular weight excluding hydrogens is 297 g/mol. The minimum absolute atomic E-state index is 0.0339. The Morgan fingerprint density at radius 1 is 1.33 bits per heavy atom. The summed E-state index contributed by atoms with van der Waals surface area (Å²) in [5, 5.41) is 9.74. The molecule has 1 fully saturated rings. The molecule has 1 rings (SSSR count). The number of alkyl halides is 3. The van der Waals surface area contributed by atoms with Gasteiger partial charge < -0.3 is 14.6 Å². The zero-order chi connectivity index (χ0) is 16.4. The summed E-state index contributed by atoms with van der Waals surface area (Å²) in [5.74, 6) is -7.59. The molecule has 1 N–H and O–H groups in total. The van der Waals surface area contributed by atoms with Crippen LogP contribution in [0.25, 0.3) is 0 Å². The zero-order valence-corrected chi connectivity index (χ0v) is 11.4. The second-order valence-corrected chi connectivity index (χ2v) is 4.59. The van der Waals surface area contributed by atoms with Gasteiger partial charge in [-0.2, -0.15) is 13.2 Å². The number of halogens is 3. The molecule has 0 radical (unpaired) electrons. The van der Waals surface area contributed by atoms with E-state index in [9.17, 15) is 32.7 Å². The van der Waals surface area contributed by atoms with E-state index >= 15 is 0 Å². The van der Waals surface area contributed by atoms with E-state index in [2.05, 4.69) is 9.47 Å². The maximum absolute atomic E-state index is 13.0. The van der Waals surface area contributed by atoms with Gasteiger partial charge >= 0.3 is 18.1 Å². The molecule has 9 heteroatoms. The molecule has 0 aromatic carbocycles. The summed E-state index contributed by atoms with van der Waals surface area (Å²) >= 11 is 0. The normalized spacial score (nSPS) is 25.3. The summed E-state index contributed by atoms with van der Waals surface area (Å²) in [4.78, 5) is 34.8. The highest BCUT2D eigenvalue weighted by molar-refractivity contribution is 6.04. The molecule has 1 saturated carbocycles. The maximum Gasteiger partial charge on any atom is 0.428 e. The lowest BCUT2D eigenvalue weighted by Gasteiger charge is -2.31. The fraction of sp³-hybridized carbons (Fsp3) is 0.750. The SMILES string of the molecule is CCOC(=O)C1CCC(C(O)(C(=O)OC)C(F)(F)F)C1=O. The van der Waals surface area contributed by atoms with Crippen LogP contribution in [0.15, 0.2) is 0 Å². The van der Waals surface area contributed by atoms with E-state index in [1.165, 1.54) is 6.92 Å². The van der Waals surface area contributed by atoms with Gasteiger partial charge in [-0.3, -0.25) is 9.59 Å². The quantitative estimate of drug-likeness (QED) is 0.604. The standard InChI is InChI=1S/C12H15F3O6/c1-3-21-9(17)6-4-5-7(8(6)16)11(19,10(18)20-2)12(13,14)15/h6-7,19H,3-5H2,1-2H3. The molecule has 6 nitrogen and oxygen atoms in total. The second-order valence-electron chi connectivity index (χ2n) is 4.59. The highest BCUT2D eigenvalue weighted by Crippen LogP contribution is 2.44. The Labute approximate surface area is 118 Å². The Balaban J connectivity index is 3.11. The molecule has 21 heavy (non-hydrogen) atoms. The van der Waals surface area contributed by atoms with Gasteiger partial charge in [0, 0.05) is 0 Å². The number of methoxy groups -OCH3 is 1. The number of carbonyl (C=O) groups excluding carboxylic acids is 3. The lowest BCUT2D eigenvalue weighted by atomic mass is 9.83. The first-order valence-electron chi connectivity index (χ1n) is 6.19. The van der Waals surface area contributed by atoms with Crippen molar-refractivity contribution in [1.29, 1.82) is 0 Å². The van der Waals surface area contributed by atoms with E-state index in [0.717, 1.165) is 0 Å². The van der Waals surface area contributed by atoms with Gasteiger partial charge in [0.1, 0.15) is 5.92 Å². The topological polar surface area (TPSA) is 89.9 Å². The molecule has 1 aliphatic carbocycles. The van der Waals surface area contributed by atoms with Crippen LogP contribution in [0.4, 0.5) is 13.2 Å². The van der Waals surface area contributed by atoms with Crippen molar-refractivity contribution in [3.05, 3.63) is 0 Å². The van der Waals surface area contributed by atoms with Crippen LogP contribution in [0, 0.1) is 11.8 Å². The zero-order valence-electron chi connectivity index (χ0n) is 11.4. The summed E-state index contributed by atoms with van der Waals surface area (Å²) in [6.45, 7) is 1.45. The van der Waals surface area contributed by atoms with Crippen molar-refractivity contribution in [3.63, 3.8) is 0 Å². The Hall–Kier alpha value is -1.64. The van der Waals surface area contributed by atoms with Crippen LogP contribution in [0.3, 0.4) is 0 Å². The highest BCUT2D eigenvalue weighted by atomic mass is 19.4. The van der Waals surface area contributed by atoms with Gasteiger partial charge in [-0.25, -0.2) is 4.79 Å². The first-order chi connectivity index (χ1) is 9.61. The third-order valence-electron chi connectivity index (χ3n) is 3.44. The van der Waals surface area contributed by atoms with Gasteiger partial charge in [-0.15, -0.1) is 0 Å². The Bertz CT molecular complexity index is 447. The van der Waals surface area contributed by atoms with Gasteiger partial charge in [0.05, 0.1) is 19.6 Å². The molecule has 0 aliphatic heterocycles. The van der Waals surface area contributed by atoms with E-state index < -0.39 is 47.8 Å². The number of hydrogen-bond acceptors (Lipinski definition) is 6. The highest BCUT2D eigenvalue weighted by Gasteiger charge is 2.68. The van der Waals surface area contributed by atoms with E-state index in [1.807, 2.05) is 0 Å². The van der Waals surface area contributed by atoms with Crippen LogP contribution in [-0.2, 0) is 23.9 Å². The molecule has 0 amide bonds. The van der Waals surface area contributed by atoms with Crippen molar-refractivity contribution in [2.45, 2.75) is 31.5 Å². The molecule has 1 aliphatic rings. The third kappa shape index (κ3) is 2.87. The van der Waals surface area contributed by atoms with Crippen molar-refractivity contribution in [1.82, 2.24) is 0 Å². The van der Waals surface area contributed by atoms with Gasteiger partial charge in [0.15, 0.2) is 5.78 Å². The third-order valence-corrected chi connectivity index (χ3v) is 3.44. The van der Waals surface area contributed by atoms with Crippen LogP contribution in [0.2, 0.25) is 0 Å². The Kier molecular flexibility index (Phi) is 4.98. The van der Waals surface area contributed by atoms with Gasteiger partial charge in [0.2, 0.25) is 0 Å². The maximum atomic E-state index is 13.0. The second kappa shape index (κ2) is 6.00. The minimum atomic E-state index is -5.40. The number of rotatable bonds is 4. The lowest BCUT2D eigenvalue weighted by Crippen LogP contribution is -2.59. The number of ether oxygens (including phenoxy) is 2. The van der Waals surface area contributed by atoms with Crippen molar-refractivity contribution in [2.24, 2.45) is 11.8 Å². The van der Waals surface area contributed by atoms with Crippen molar-refractivity contribution >= 4 is 17.7 Å². The molecule has 0 spiro atoms. The van der Waals surface area contributed by atoms with Crippen molar-refractivity contribution < 1.29 is 42.1 Å². The molecule has 3 atom stereocenters. The number of aliphatic hydroxyl groups is 1. The monoisotopic (exact) mass is 312 g/mol. The predicted molar refractivity (Wildman–Crippen MR) is 60.9 cm³/mol. The average molecular weight is 312 g/mol. The molecule has 3 unspecified atom stereocenters. The van der Waals surface area contributed by atoms with Crippen LogP contribution in [-0.4, -0.2) is 48.3 Å². The number of ketones is 1.